The first-order chi connectivity index (χ1) is 8.45. The largest absolute Gasteiger partial charge is 0.312 e. The molecule has 0 spiro atoms. The van der Waals surface area contributed by atoms with E-state index >= 15 is 0 Å². The minimum absolute atomic E-state index is 0.535. The molecule has 104 valence electrons. The predicted molar refractivity (Wildman–Crippen MR) is 75.3 cm³/mol. The molecule has 0 aromatic carbocycles. The summed E-state index contributed by atoms with van der Waals surface area (Å²) >= 11 is 1.64. The van der Waals surface area contributed by atoms with Crippen LogP contribution >= 0.6 is 11.3 Å². The van der Waals surface area contributed by atoms with Crippen molar-refractivity contribution in [2.24, 2.45) is 0 Å². The molecule has 0 radical (unpaired) electrons. The van der Waals surface area contributed by atoms with Gasteiger partial charge in [0.05, 0.1) is 17.5 Å². The first-order valence-corrected chi connectivity index (χ1v) is 8.72. The van der Waals surface area contributed by atoms with Gasteiger partial charge in [0.2, 0.25) is 10.0 Å². The number of aryl methyl sites for hydroxylation is 1. The molecular weight excluding hydrogens is 270 g/mol. The predicted octanol–water partition coefficient (Wildman–Crippen LogP) is 1.21. The number of aromatic nitrogens is 1. The Morgan fingerprint density at radius 1 is 1.50 bits per heavy atom. The summed E-state index contributed by atoms with van der Waals surface area (Å²) in [7, 11) is -3.05. The standard InChI is InChI=1S/C11H21N3O2S2/c1-4-14(18(3,15)16)7-5-6-12-8-11-10(2)13-9-17-11/h9,12H,4-8H2,1-3H3. The molecule has 0 amide bonds. The number of hydrogen-bond donors (Lipinski definition) is 1. The van der Waals surface area contributed by atoms with E-state index in [9.17, 15) is 8.42 Å². The van der Waals surface area contributed by atoms with Crippen LogP contribution in [0.4, 0.5) is 0 Å². The molecular formula is C11H21N3O2S2. The van der Waals surface area contributed by atoms with Crippen molar-refractivity contribution in [3.05, 3.63) is 16.1 Å². The molecule has 1 aromatic heterocycles. The Bertz CT molecular complexity index is 457. The lowest BCUT2D eigenvalue weighted by Crippen LogP contribution is -2.32. The first-order valence-electron chi connectivity index (χ1n) is 6.00. The van der Waals surface area contributed by atoms with Gasteiger partial charge in [-0.05, 0) is 19.9 Å². The lowest BCUT2D eigenvalue weighted by molar-refractivity contribution is 0.419. The van der Waals surface area contributed by atoms with Crippen LogP contribution in [0.2, 0.25) is 0 Å². The summed E-state index contributed by atoms with van der Waals surface area (Å²) in [4.78, 5) is 5.42. The van der Waals surface area contributed by atoms with E-state index in [2.05, 4.69) is 10.3 Å². The Morgan fingerprint density at radius 2 is 2.22 bits per heavy atom. The highest BCUT2D eigenvalue weighted by Crippen LogP contribution is 2.11. The van der Waals surface area contributed by atoms with Crippen molar-refractivity contribution in [1.82, 2.24) is 14.6 Å². The van der Waals surface area contributed by atoms with E-state index in [1.807, 2.05) is 19.4 Å². The normalized spacial score (nSPS) is 12.2. The first kappa shape index (κ1) is 15.6. The third-order valence-electron chi connectivity index (χ3n) is 2.71. The van der Waals surface area contributed by atoms with Crippen molar-refractivity contribution in [2.45, 2.75) is 26.8 Å². The third-order valence-corrected chi connectivity index (χ3v) is 5.03. The summed E-state index contributed by atoms with van der Waals surface area (Å²) in [6, 6.07) is 0. The van der Waals surface area contributed by atoms with E-state index < -0.39 is 10.0 Å². The Balaban J connectivity index is 2.21. The van der Waals surface area contributed by atoms with Gasteiger partial charge in [-0.25, -0.2) is 17.7 Å². The lowest BCUT2D eigenvalue weighted by atomic mass is 10.3. The van der Waals surface area contributed by atoms with Crippen molar-refractivity contribution in [3.8, 4) is 0 Å². The average Bonchev–Trinajstić information content (AvgIpc) is 2.67. The maximum Gasteiger partial charge on any atom is 0.211 e. The van der Waals surface area contributed by atoms with Crippen molar-refractivity contribution in [3.63, 3.8) is 0 Å². The minimum atomic E-state index is -3.05. The maximum atomic E-state index is 11.4. The molecule has 0 aliphatic rings. The van der Waals surface area contributed by atoms with Crippen molar-refractivity contribution in [2.75, 3.05) is 25.9 Å². The molecule has 0 aliphatic heterocycles. The van der Waals surface area contributed by atoms with E-state index in [0.29, 0.717) is 13.1 Å². The third kappa shape index (κ3) is 5.01. The SMILES string of the molecule is CCN(CCCNCc1scnc1C)S(C)(=O)=O. The molecule has 0 bridgehead atoms. The Labute approximate surface area is 113 Å². The van der Waals surface area contributed by atoms with Gasteiger partial charge in [-0.3, -0.25) is 0 Å². The number of nitrogens with one attached hydrogen (secondary N) is 1. The van der Waals surface area contributed by atoms with Crippen LogP contribution in [0.25, 0.3) is 0 Å². The van der Waals surface area contributed by atoms with Gasteiger partial charge in [0.1, 0.15) is 0 Å². The smallest absolute Gasteiger partial charge is 0.211 e. The molecule has 1 N–H and O–H groups in total. The van der Waals surface area contributed by atoms with E-state index in [-0.39, 0.29) is 0 Å². The van der Waals surface area contributed by atoms with Crippen LogP contribution in [-0.2, 0) is 16.6 Å². The highest BCUT2D eigenvalue weighted by molar-refractivity contribution is 7.88. The summed E-state index contributed by atoms with van der Waals surface area (Å²) in [6.07, 6.45) is 2.07. The van der Waals surface area contributed by atoms with Gasteiger partial charge in [0.15, 0.2) is 0 Å². The number of nitrogens with zero attached hydrogens (tertiary/aromatic N) is 2. The van der Waals surface area contributed by atoms with Crippen molar-refractivity contribution in [1.29, 1.82) is 0 Å². The van der Waals surface area contributed by atoms with Crippen LogP contribution in [0.1, 0.15) is 23.9 Å². The molecule has 0 unspecified atom stereocenters. The number of rotatable bonds is 8. The van der Waals surface area contributed by atoms with Crippen LogP contribution in [0, 0.1) is 6.92 Å². The van der Waals surface area contributed by atoms with Gasteiger partial charge >= 0.3 is 0 Å². The molecule has 1 rings (SSSR count). The average molecular weight is 291 g/mol. The van der Waals surface area contributed by atoms with E-state index in [1.54, 1.807) is 11.3 Å². The van der Waals surface area contributed by atoms with E-state index in [0.717, 1.165) is 25.2 Å². The van der Waals surface area contributed by atoms with Gasteiger partial charge < -0.3 is 5.32 Å². The highest BCUT2D eigenvalue weighted by Gasteiger charge is 2.12. The van der Waals surface area contributed by atoms with Gasteiger partial charge in [0, 0.05) is 24.5 Å². The highest BCUT2D eigenvalue weighted by atomic mass is 32.2. The van der Waals surface area contributed by atoms with Crippen LogP contribution in [0.5, 0.6) is 0 Å². The zero-order valence-electron chi connectivity index (χ0n) is 11.1. The van der Waals surface area contributed by atoms with Crippen LogP contribution in [-0.4, -0.2) is 43.6 Å². The van der Waals surface area contributed by atoms with Crippen LogP contribution in [0.3, 0.4) is 0 Å². The summed E-state index contributed by atoms with van der Waals surface area (Å²) in [6.45, 7) is 6.58. The van der Waals surface area contributed by atoms with Gasteiger partial charge in [-0.15, -0.1) is 11.3 Å². The molecule has 1 aromatic rings. The molecule has 0 aliphatic carbocycles. The number of hydrogen-bond acceptors (Lipinski definition) is 5. The monoisotopic (exact) mass is 291 g/mol. The van der Waals surface area contributed by atoms with Gasteiger partial charge in [0.25, 0.3) is 0 Å². The van der Waals surface area contributed by atoms with Gasteiger partial charge in [-0.2, -0.15) is 0 Å². The second-order valence-electron chi connectivity index (χ2n) is 4.15. The van der Waals surface area contributed by atoms with E-state index in [4.69, 9.17) is 0 Å². The van der Waals surface area contributed by atoms with Crippen molar-refractivity contribution >= 4 is 21.4 Å². The Morgan fingerprint density at radius 3 is 2.72 bits per heavy atom. The lowest BCUT2D eigenvalue weighted by Gasteiger charge is -2.17. The quantitative estimate of drug-likeness (QED) is 0.731. The molecule has 0 fully saturated rings. The fourth-order valence-corrected chi connectivity index (χ4v) is 3.31. The molecule has 0 atom stereocenters. The second-order valence-corrected chi connectivity index (χ2v) is 7.07. The summed E-state index contributed by atoms with van der Waals surface area (Å²) < 4.78 is 24.2. The second kappa shape index (κ2) is 7.18. The van der Waals surface area contributed by atoms with Crippen LogP contribution < -0.4 is 5.32 Å². The van der Waals surface area contributed by atoms with Crippen molar-refractivity contribution < 1.29 is 8.42 Å². The fraction of sp³-hybridized carbons (Fsp3) is 0.727. The Hall–Kier alpha value is -0.500. The van der Waals surface area contributed by atoms with Crippen LogP contribution in [0.15, 0.2) is 5.51 Å². The summed E-state index contributed by atoms with van der Waals surface area (Å²) in [5.41, 5.74) is 2.91. The van der Waals surface area contributed by atoms with Gasteiger partial charge in [-0.1, -0.05) is 6.92 Å². The summed E-state index contributed by atoms with van der Waals surface area (Å²) in [5, 5.41) is 3.31. The zero-order chi connectivity index (χ0) is 13.6. The molecule has 0 saturated heterocycles. The molecule has 1 heterocycles. The zero-order valence-corrected chi connectivity index (χ0v) is 12.8. The number of sulfonamides is 1. The molecule has 7 heteroatoms. The fourth-order valence-electron chi connectivity index (χ4n) is 1.64. The maximum absolute atomic E-state index is 11.4. The number of thiazole rings is 1. The topological polar surface area (TPSA) is 62.3 Å². The Kier molecular flexibility index (Phi) is 6.20. The summed E-state index contributed by atoms with van der Waals surface area (Å²) in [5.74, 6) is 0. The molecule has 18 heavy (non-hydrogen) atoms. The molecule has 0 saturated carbocycles. The molecule has 5 nitrogen and oxygen atoms in total. The minimum Gasteiger partial charge on any atom is -0.312 e. The van der Waals surface area contributed by atoms with E-state index in [1.165, 1.54) is 15.4 Å².